The number of imidazole rings is 1. The zero-order valence-electron chi connectivity index (χ0n) is 8.18. The Balaban J connectivity index is 2.17. The molecule has 0 fully saturated rings. The number of methoxy groups -OCH3 is 1. The van der Waals surface area contributed by atoms with Gasteiger partial charge in [0.2, 0.25) is 5.78 Å². The second kappa shape index (κ2) is 4.19. The number of fused-ring (bicyclic) bond motifs is 1. The van der Waals surface area contributed by atoms with Crippen LogP contribution in [0.3, 0.4) is 0 Å². The normalized spacial score (nSPS) is 10.9. The van der Waals surface area contributed by atoms with E-state index in [4.69, 9.17) is 4.74 Å². The Kier molecular flexibility index (Phi) is 2.74. The fourth-order valence-corrected chi connectivity index (χ4v) is 1.46. The third kappa shape index (κ3) is 1.75. The Hall–Kier alpha value is -1.42. The van der Waals surface area contributed by atoms with Crippen molar-refractivity contribution in [1.82, 2.24) is 14.4 Å². The van der Waals surface area contributed by atoms with Crippen molar-refractivity contribution in [2.24, 2.45) is 0 Å². The summed E-state index contributed by atoms with van der Waals surface area (Å²) in [6.07, 6.45) is 7.59. The number of hydrogen-bond donors (Lipinski definition) is 0. The largest absolute Gasteiger partial charge is 0.385 e. The van der Waals surface area contributed by atoms with E-state index in [1.807, 2.05) is 22.9 Å². The lowest BCUT2D eigenvalue weighted by atomic mass is 10.2. The van der Waals surface area contributed by atoms with Crippen LogP contribution in [0.5, 0.6) is 0 Å². The van der Waals surface area contributed by atoms with Crippen LogP contribution in [-0.4, -0.2) is 28.1 Å². The van der Waals surface area contributed by atoms with Crippen molar-refractivity contribution >= 4 is 5.78 Å². The van der Waals surface area contributed by atoms with E-state index in [2.05, 4.69) is 9.97 Å². The van der Waals surface area contributed by atoms with Crippen molar-refractivity contribution in [1.29, 1.82) is 0 Å². The van der Waals surface area contributed by atoms with Gasteiger partial charge in [0.1, 0.15) is 0 Å². The van der Waals surface area contributed by atoms with Crippen LogP contribution in [0.15, 0.2) is 24.7 Å². The summed E-state index contributed by atoms with van der Waals surface area (Å²) in [7, 11) is 1.72. The second-order valence-electron chi connectivity index (χ2n) is 3.14. The first-order valence-corrected chi connectivity index (χ1v) is 4.67. The molecule has 0 spiro atoms. The number of hydrogen-bond acceptors (Lipinski definition) is 3. The third-order valence-corrected chi connectivity index (χ3v) is 2.15. The van der Waals surface area contributed by atoms with Crippen LogP contribution in [0.1, 0.15) is 12.1 Å². The van der Waals surface area contributed by atoms with E-state index in [-0.39, 0.29) is 0 Å². The number of aromatic nitrogens is 3. The molecule has 0 atom stereocenters. The summed E-state index contributed by atoms with van der Waals surface area (Å²) in [6, 6.07) is 1.91. The Morgan fingerprint density at radius 1 is 1.43 bits per heavy atom. The molecule has 2 aromatic heterocycles. The highest BCUT2D eigenvalue weighted by Gasteiger charge is 2.01. The zero-order valence-corrected chi connectivity index (χ0v) is 8.18. The van der Waals surface area contributed by atoms with Gasteiger partial charge in [0.05, 0.1) is 6.20 Å². The molecule has 0 N–H and O–H groups in total. The average Bonchev–Trinajstić information content (AvgIpc) is 2.63. The van der Waals surface area contributed by atoms with Crippen molar-refractivity contribution in [3.8, 4) is 0 Å². The molecule has 0 aliphatic carbocycles. The molecule has 0 aromatic carbocycles. The van der Waals surface area contributed by atoms with E-state index in [0.717, 1.165) is 25.2 Å². The summed E-state index contributed by atoms with van der Waals surface area (Å²) in [4.78, 5) is 8.36. The van der Waals surface area contributed by atoms with Gasteiger partial charge < -0.3 is 4.74 Å². The molecule has 0 unspecified atom stereocenters. The van der Waals surface area contributed by atoms with Gasteiger partial charge >= 0.3 is 0 Å². The summed E-state index contributed by atoms with van der Waals surface area (Å²) in [5, 5.41) is 0. The fraction of sp³-hybridized carbons (Fsp3) is 0.400. The lowest BCUT2D eigenvalue weighted by Gasteiger charge is -1.99. The average molecular weight is 191 g/mol. The maximum Gasteiger partial charge on any atom is 0.233 e. The molecule has 2 aromatic rings. The standard InChI is InChI=1S/C10H13N3O/c1-14-7-2-4-9-8-12-10-11-5-3-6-13(9)10/h3,5-6,8H,2,4,7H2,1H3. The summed E-state index contributed by atoms with van der Waals surface area (Å²) in [6.45, 7) is 0.785. The molecule has 4 heteroatoms. The van der Waals surface area contributed by atoms with Gasteiger partial charge in [0.15, 0.2) is 0 Å². The van der Waals surface area contributed by atoms with E-state index < -0.39 is 0 Å². The van der Waals surface area contributed by atoms with Gasteiger partial charge in [-0.2, -0.15) is 0 Å². The minimum Gasteiger partial charge on any atom is -0.385 e. The zero-order chi connectivity index (χ0) is 9.80. The summed E-state index contributed by atoms with van der Waals surface area (Å²) in [5.74, 6) is 0.764. The smallest absolute Gasteiger partial charge is 0.233 e. The molecule has 0 amide bonds. The Bertz CT molecular complexity index is 410. The molecule has 0 aliphatic rings. The van der Waals surface area contributed by atoms with Gasteiger partial charge in [-0.1, -0.05) is 0 Å². The third-order valence-electron chi connectivity index (χ3n) is 2.15. The number of rotatable bonds is 4. The Labute approximate surface area is 82.6 Å². The van der Waals surface area contributed by atoms with E-state index in [0.29, 0.717) is 0 Å². The van der Waals surface area contributed by atoms with E-state index >= 15 is 0 Å². The topological polar surface area (TPSA) is 39.4 Å². The summed E-state index contributed by atoms with van der Waals surface area (Å²) < 4.78 is 7.02. The summed E-state index contributed by atoms with van der Waals surface area (Å²) in [5.41, 5.74) is 1.19. The minimum atomic E-state index is 0.764. The molecule has 74 valence electrons. The lowest BCUT2D eigenvalue weighted by Crippen LogP contribution is -1.96. The van der Waals surface area contributed by atoms with Crippen molar-refractivity contribution in [3.63, 3.8) is 0 Å². The van der Waals surface area contributed by atoms with Gasteiger partial charge in [-0.3, -0.25) is 4.40 Å². The second-order valence-corrected chi connectivity index (χ2v) is 3.14. The van der Waals surface area contributed by atoms with Gasteiger partial charge in [0, 0.05) is 31.8 Å². The number of ether oxygens (including phenoxy) is 1. The molecule has 0 saturated heterocycles. The van der Waals surface area contributed by atoms with Crippen molar-refractivity contribution in [2.75, 3.05) is 13.7 Å². The Morgan fingerprint density at radius 3 is 3.21 bits per heavy atom. The van der Waals surface area contributed by atoms with Crippen LogP contribution in [0.25, 0.3) is 5.78 Å². The van der Waals surface area contributed by atoms with Gasteiger partial charge in [-0.05, 0) is 18.9 Å². The lowest BCUT2D eigenvalue weighted by molar-refractivity contribution is 0.195. The minimum absolute atomic E-state index is 0.764. The van der Waals surface area contributed by atoms with Crippen molar-refractivity contribution < 1.29 is 4.74 Å². The maximum atomic E-state index is 5.01. The van der Waals surface area contributed by atoms with Crippen LogP contribution in [0.2, 0.25) is 0 Å². The van der Waals surface area contributed by atoms with Crippen LogP contribution in [0, 0.1) is 0 Å². The highest BCUT2D eigenvalue weighted by Crippen LogP contribution is 2.05. The van der Waals surface area contributed by atoms with Crippen LogP contribution >= 0.6 is 0 Å². The van der Waals surface area contributed by atoms with Crippen molar-refractivity contribution in [3.05, 3.63) is 30.4 Å². The monoisotopic (exact) mass is 191 g/mol. The van der Waals surface area contributed by atoms with Gasteiger partial charge in [0.25, 0.3) is 0 Å². The fourth-order valence-electron chi connectivity index (χ4n) is 1.46. The highest BCUT2D eigenvalue weighted by atomic mass is 16.5. The molecule has 2 rings (SSSR count). The van der Waals surface area contributed by atoms with Crippen molar-refractivity contribution in [2.45, 2.75) is 12.8 Å². The summed E-state index contributed by atoms with van der Waals surface area (Å²) >= 11 is 0. The molecule has 0 aliphatic heterocycles. The quantitative estimate of drug-likeness (QED) is 0.684. The van der Waals surface area contributed by atoms with Gasteiger partial charge in [-0.15, -0.1) is 0 Å². The molecule has 0 bridgehead atoms. The molecule has 0 saturated carbocycles. The molecular weight excluding hydrogens is 178 g/mol. The first-order chi connectivity index (χ1) is 6.92. The van der Waals surface area contributed by atoms with Crippen LogP contribution in [0.4, 0.5) is 0 Å². The number of aryl methyl sites for hydroxylation is 1. The SMILES string of the molecule is COCCCc1cnc2ncccn12. The predicted octanol–water partition coefficient (Wildman–Crippen LogP) is 1.31. The highest BCUT2D eigenvalue weighted by molar-refractivity contribution is 5.30. The van der Waals surface area contributed by atoms with Crippen LogP contribution in [-0.2, 0) is 11.2 Å². The van der Waals surface area contributed by atoms with E-state index in [9.17, 15) is 0 Å². The predicted molar refractivity (Wildman–Crippen MR) is 53.2 cm³/mol. The Morgan fingerprint density at radius 2 is 2.36 bits per heavy atom. The first-order valence-electron chi connectivity index (χ1n) is 4.67. The molecule has 4 nitrogen and oxygen atoms in total. The first kappa shape index (κ1) is 9.15. The maximum absolute atomic E-state index is 5.01. The molecule has 0 radical (unpaired) electrons. The van der Waals surface area contributed by atoms with E-state index in [1.165, 1.54) is 5.69 Å². The molecule has 2 heterocycles. The van der Waals surface area contributed by atoms with E-state index in [1.54, 1.807) is 13.3 Å². The van der Waals surface area contributed by atoms with Gasteiger partial charge in [-0.25, -0.2) is 9.97 Å². The number of nitrogens with zero attached hydrogens (tertiary/aromatic N) is 3. The molecular formula is C10H13N3O. The molecule has 14 heavy (non-hydrogen) atoms. The van der Waals surface area contributed by atoms with Crippen LogP contribution < -0.4 is 0 Å².